The van der Waals surface area contributed by atoms with E-state index in [-0.39, 0.29) is 12.3 Å². The highest BCUT2D eigenvalue weighted by atomic mass is 32.1. The average Bonchev–Trinajstić information content (AvgIpc) is 3.08. The van der Waals surface area contributed by atoms with Crippen molar-refractivity contribution in [1.29, 1.82) is 0 Å². The smallest absolute Gasteiger partial charge is 0.278 e. The molecule has 3 amide bonds. The normalized spacial score (nSPS) is 14.5. The summed E-state index contributed by atoms with van der Waals surface area (Å²) in [6.45, 7) is 0.336. The molecular formula is C19H15N3O2S. The number of benzene rings is 2. The second kappa shape index (κ2) is 6.49. The number of hydrogen-bond donors (Lipinski definition) is 1. The van der Waals surface area contributed by atoms with Gasteiger partial charge in [-0.15, -0.1) is 11.3 Å². The molecule has 0 saturated carbocycles. The molecule has 124 valence electrons. The quantitative estimate of drug-likeness (QED) is 0.779. The third kappa shape index (κ3) is 3.04. The zero-order valence-corrected chi connectivity index (χ0v) is 14.1. The number of anilines is 1. The number of thiazole rings is 1. The number of urea groups is 1. The van der Waals surface area contributed by atoms with Crippen molar-refractivity contribution in [2.24, 2.45) is 0 Å². The van der Waals surface area contributed by atoms with E-state index in [2.05, 4.69) is 5.32 Å². The van der Waals surface area contributed by atoms with E-state index in [9.17, 15) is 9.59 Å². The van der Waals surface area contributed by atoms with Gasteiger partial charge in [0.05, 0.1) is 4.88 Å². The minimum Gasteiger partial charge on any atom is -0.278 e. The fourth-order valence-corrected chi connectivity index (χ4v) is 3.82. The molecule has 2 aromatic carbocycles. The lowest BCUT2D eigenvalue weighted by Gasteiger charge is -2.25. The molecule has 4 rings (SSSR count). The molecule has 0 unspecified atom stereocenters. The molecule has 25 heavy (non-hydrogen) atoms. The number of nitrogens with one attached hydrogen (secondary N) is 1. The molecule has 1 fully saturated rings. The average molecular weight is 349 g/mol. The van der Waals surface area contributed by atoms with Gasteiger partial charge in [0, 0.05) is 18.5 Å². The minimum absolute atomic E-state index is 0.249. The lowest BCUT2D eigenvalue weighted by molar-refractivity contribution is -0.120. The molecule has 6 heteroatoms. The lowest BCUT2D eigenvalue weighted by atomic mass is 10.2. The Morgan fingerprint density at radius 2 is 1.56 bits per heavy atom. The molecular weight excluding hydrogens is 334 g/mol. The molecule has 3 aromatic rings. The van der Waals surface area contributed by atoms with Crippen molar-refractivity contribution < 1.29 is 9.59 Å². The summed E-state index contributed by atoms with van der Waals surface area (Å²) < 4.78 is 0. The summed E-state index contributed by atoms with van der Waals surface area (Å²) in [6, 6.07) is 19.3. The maximum absolute atomic E-state index is 12.3. The second-order valence-electron chi connectivity index (χ2n) is 5.66. The highest BCUT2D eigenvalue weighted by molar-refractivity contribution is 7.19. The van der Waals surface area contributed by atoms with Crippen LogP contribution < -0.4 is 10.2 Å². The topological polar surface area (TPSA) is 62.3 Å². The van der Waals surface area contributed by atoms with E-state index in [1.54, 1.807) is 16.2 Å². The van der Waals surface area contributed by atoms with E-state index < -0.39 is 6.03 Å². The Hall–Kier alpha value is -2.99. The van der Waals surface area contributed by atoms with E-state index >= 15 is 0 Å². The monoisotopic (exact) mass is 349 g/mol. The summed E-state index contributed by atoms with van der Waals surface area (Å²) in [5.41, 5.74) is 2.01. The fourth-order valence-electron chi connectivity index (χ4n) is 2.74. The number of carbonyl (C=O) groups is 2. The van der Waals surface area contributed by atoms with Crippen LogP contribution in [0.25, 0.3) is 21.0 Å². The van der Waals surface area contributed by atoms with Crippen LogP contribution in [0.15, 0.2) is 60.7 Å². The first-order valence-electron chi connectivity index (χ1n) is 7.95. The van der Waals surface area contributed by atoms with Crippen LogP contribution in [0.5, 0.6) is 0 Å². The van der Waals surface area contributed by atoms with Crippen molar-refractivity contribution in [2.45, 2.75) is 6.42 Å². The van der Waals surface area contributed by atoms with Crippen LogP contribution >= 0.6 is 11.3 Å². The van der Waals surface area contributed by atoms with Gasteiger partial charge >= 0.3 is 6.03 Å². The van der Waals surface area contributed by atoms with Gasteiger partial charge in [-0.2, -0.15) is 0 Å². The fraction of sp³-hybridized carbons (Fsp3) is 0.105. The SMILES string of the molecule is O=C1CCN(c2nc(-c3ccccc3)sc2-c2ccccc2)C(=O)N1. The Labute approximate surface area is 148 Å². The second-order valence-corrected chi connectivity index (χ2v) is 6.66. The van der Waals surface area contributed by atoms with E-state index in [0.717, 1.165) is 21.0 Å². The Morgan fingerprint density at radius 3 is 2.20 bits per heavy atom. The molecule has 1 saturated heterocycles. The largest absolute Gasteiger partial charge is 0.329 e. The van der Waals surface area contributed by atoms with E-state index in [0.29, 0.717) is 12.4 Å². The first-order chi connectivity index (χ1) is 12.2. The number of aromatic nitrogens is 1. The lowest BCUT2D eigenvalue weighted by Crippen LogP contribution is -2.49. The molecule has 1 aromatic heterocycles. The van der Waals surface area contributed by atoms with Crippen LogP contribution in [0.3, 0.4) is 0 Å². The van der Waals surface area contributed by atoms with Crippen LogP contribution in [0.4, 0.5) is 10.6 Å². The number of hydrogen-bond acceptors (Lipinski definition) is 4. The molecule has 0 atom stereocenters. The van der Waals surface area contributed by atoms with Crippen LogP contribution in [-0.2, 0) is 4.79 Å². The molecule has 0 bridgehead atoms. The summed E-state index contributed by atoms with van der Waals surface area (Å²) in [5, 5.41) is 3.21. The first-order valence-corrected chi connectivity index (χ1v) is 8.77. The van der Waals surface area contributed by atoms with Gasteiger partial charge in [-0.3, -0.25) is 15.0 Å². The number of rotatable bonds is 3. The van der Waals surface area contributed by atoms with Gasteiger partial charge in [-0.25, -0.2) is 9.78 Å². The zero-order chi connectivity index (χ0) is 17.2. The highest BCUT2D eigenvalue weighted by Crippen LogP contribution is 2.40. The summed E-state index contributed by atoms with van der Waals surface area (Å²) >= 11 is 1.54. The van der Waals surface area contributed by atoms with Crippen molar-refractivity contribution in [2.75, 3.05) is 11.4 Å². The highest BCUT2D eigenvalue weighted by Gasteiger charge is 2.29. The van der Waals surface area contributed by atoms with Crippen molar-refractivity contribution in [1.82, 2.24) is 10.3 Å². The maximum Gasteiger partial charge on any atom is 0.329 e. The number of amides is 3. The van der Waals surface area contributed by atoms with Gasteiger partial charge in [-0.1, -0.05) is 60.7 Å². The Kier molecular flexibility index (Phi) is 4.03. The van der Waals surface area contributed by atoms with Gasteiger partial charge in [0.2, 0.25) is 5.91 Å². The number of carbonyl (C=O) groups excluding carboxylic acids is 2. The van der Waals surface area contributed by atoms with Crippen LogP contribution in [0.2, 0.25) is 0 Å². The van der Waals surface area contributed by atoms with Gasteiger partial charge in [0.1, 0.15) is 5.01 Å². The van der Waals surface area contributed by atoms with Crippen molar-refractivity contribution in [3.8, 4) is 21.0 Å². The molecule has 2 heterocycles. The van der Waals surface area contributed by atoms with Gasteiger partial charge in [0.15, 0.2) is 5.82 Å². The summed E-state index contributed by atoms with van der Waals surface area (Å²) in [6.07, 6.45) is 0.276. The molecule has 5 nitrogen and oxygen atoms in total. The summed E-state index contributed by atoms with van der Waals surface area (Å²) in [7, 11) is 0. The van der Waals surface area contributed by atoms with E-state index in [1.165, 1.54) is 0 Å². The van der Waals surface area contributed by atoms with E-state index in [1.807, 2.05) is 60.7 Å². The minimum atomic E-state index is -0.418. The Morgan fingerprint density at radius 1 is 0.920 bits per heavy atom. The molecule has 0 spiro atoms. The zero-order valence-electron chi connectivity index (χ0n) is 13.3. The Balaban J connectivity index is 1.83. The summed E-state index contributed by atoms with van der Waals surface area (Å²) in [5.74, 6) is 0.348. The molecule has 1 aliphatic rings. The maximum atomic E-state index is 12.3. The van der Waals surface area contributed by atoms with Gasteiger partial charge in [0.25, 0.3) is 0 Å². The number of imide groups is 1. The van der Waals surface area contributed by atoms with Crippen LogP contribution in [0.1, 0.15) is 6.42 Å². The standard InChI is InChI=1S/C19H15N3O2S/c23-15-11-12-22(19(24)20-15)17-16(13-7-3-1-4-8-13)25-18(21-17)14-9-5-2-6-10-14/h1-10H,11-12H2,(H,20,23,24). The number of nitrogens with zero attached hydrogens (tertiary/aromatic N) is 2. The summed E-state index contributed by atoms with van der Waals surface area (Å²) in [4.78, 5) is 30.9. The predicted molar refractivity (Wildman–Crippen MR) is 98.5 cm³/mol. The van der Waals surface area contributed by atoms with Crippen LogP contribution in [-0.4, -0.2) is 23.5 Å². The van der Waals surface area contributed by atoms with Gasteiger partial charge < -0.3 is 0 Å². The first kappa shape index (κ1) is 15.5. The van der Waals surface area contributed by atoms with E-state index in [4.69, 9.17) is 4.98 Å². The molecule has 1 N–H and O–H groups in total. The third-order valence-corrected chi connectivity index (χ3v) is 5.12. The van der Waals surface area contributed by atoms with Gasteiger partial charge in [-0.05, 0) is 5.56 Å². The van der Waals surface area contributed by atoms with Crippen molar-refractivity contribution in [3.05, 3.63) is 60.7 Å². The predicted octanol–water partition coefficient (Wildman–Crippen LogP) is 3.92. The Bertz CT molecular complexity index is 922. The molecule has 1 aliphatic heterocycles. The third-order valence-electron chi connectivity index (χ3n) is 3.98. The molecule has 0 radical (unpaired) electrons. The van der Waals surface area contributed by atoms with Crippen LogP contribution in [0, 0.1) is 0 Å². The molecule has 0 aliphatic carbocycles. The van der Waals surface area contributed by atoms with Crippen molar-refractivity contribution in [3.63, 3.8) is 0 Å². The van der Waals surface area contributed by atoms with Crippen molar-refractivity contribution >= 4 is 29.1 Å².